The van der Waals surface area contributed by atoms with E-state index in [1.54, 1.807) is 18.2 Å². The number of rotatable bonds is 10. The number of ether oxygens (including phenoxy) is 3. The van der Waals surface area contributed by atoms with Crippen LogP contribution in [0.4, 0.5) is 13.2 Å². The summed E-state index contributed by atoms with van der Waals surface area (Å²) in [6, 6.07) is 5.00. The zero-order chi connectivity index (χ0) is 20.7. The summed E-state index contributed by atoms with van der Waals surface area (Å²) in [4.78, 5) is 11.8. The number of carbonyl (C=O) groups excluding carboxylic acids is 1. The quantitative estimate of drug-likeness (QED) is 0.330. The number of aryl methyl sites for hydroxylation is 1. The summed E-state index contributed by atoms with van der Waals surface area (Å²) in [5.74, 6) is -0.127. The third-order valence-corrected chi connectivity index (χ3v) is 4.54. The first-order valence-corrected chi connectivity index (χ1v) is 9.33. The van der Waals surface area contributed by atoms with E-state index in [-0.39, 0.29) is 19.4 Å². The Kier molecular flexibility index (Phi) is 8.35. The van der Waals surface area contributed by atoms with Crippen molar-refractivity contribution < 1.29 is 44.8 Å². The average Bonchev–Trinajstić information content (AvgIpc) is 2.60. The number of hydrogen-bond acceptors (Lipinski definition) is 7. The van der Waals surface area contributed by atoms with Crippen LogP contribution in [0.1, 0.15) is 25.3 Å². The van der Waals surface area contributed by atoms with Gasteiger partial charge in [-0.2, -0.15) is 21.6 Å². The average molecular weight is 414 g/mol. The molecule has 1 rings (SSSR count). The molecule has 0 bridgehead atoms. The van der Waals surface area contributed by atoms with Crippen LogP contribution in [0.15, 0.2) is 18.2 Å². The van der Waals surface area contributed by atoms with E-state index in [9.17, 15) is 26.4 Å². The zero-order valence-electron chi connectivity index (χ0n) is 15.0. The molecular weight excluding hydrogens is 393 g/mol. The highest BCUT2D eigenvalue weighted by molar-refractivity contribution is 7.87. The third-order valence-electron chi connectivity index (χ3n) is 3.48. The Balaban J connectivity index is 2.85. The number of alkyl halides is 3. The van der Waals surface area contributed by atoms with Crippen molar-refractivity contribution in [1.29, 1.82) is 0 Å². The van der Waals surface area contributed by atoms with Gasteiger partial charge in [-0.1, -0.05) is 6.07 Å². The second-order valence-corrected chi connectivity index (χ2v) is 6.87. The summed E-state index contributed by atoms with van der Waals surface area (Å²) in [6.07, 6.45) is -1.72. The van der Waals surface area contributed by atoms with Crippen LogP contribution in [0.25, 0.3) is 0 Å². The molecule has 1 unspecified atom stereocenters. The minimum Gasteiger partial charge on any atom is -0.497 e. The van der Waals surface area contributed by atoms with Crippen LogP contribution in [0.2, 0.25) is 0 Å². The molecule has 0 aliphatic rings. The monoisotopic (exact) mass is 414 g/mol. The number of esters is 1. The zero-order valence-corrected chi connectivity index (χ0v) is 15.9. The summed E-state index contributed by atoms with van der Waals surface area (Å²) >= 11 is 0. The first kappa shape index (κ1) is 23.0. The van der Waals surface area contributed by atoms with Gasteiger partial charge in [0.05, 0.1) is 20.8 Å². The van der Waals surface area contributed by atoms with Crippen LogP contribution in [0, 0.1) is 0 Å². The molecule has 1 atom stereocenters. The van der Waals surface area contributed by atoms with Gasteiger partial charge < -0.3 is 14.2 Å². The number of carbonyl (C=O) groups is 1. The lowest BCUT2D eigenvalue weighted by Gasteiger charge is -2.17. The molecule has 154 valence electrons. The van der Waals surface area contributed by atoms with Gasteiger partial charge in [-0.05, 0) is 37.8 Å². The SMILES string of the molecule is CCOC(=O)C(CCCc1ccc(OC)cc1OC)OS(=O)(=O)C(F)(F)F. The van der Waals surface area contributed by atoms with Crippen molar-refractivity contribution in [3.05, 3.63) is 23.8 Å². The van der Waals surface area contributed by atoms with Gasteiger partial charge in [-0.25, -0.2) is 8.98 Å². The van der Waals surface area contributed by atoms with Crippen molar-refractivity contribution in [3.63, 3.8) is 0 Å². The summed E-state index contributed by atoms with van der Waals surface area (Å²) in [5.41, 5.74) is -4.92. The van der Waals surface area contributed by atoms with Crippen LogP contribution >= 0.6 is 0 Å². The minimum absolute atomic E-state index is 0.128. The lowest BCUT2D eigenvalue weighted by molar-refractivity contribution is -0.152. The van der Waals surface area contributed by atoms with Gasteiger partial charge in [0.25, 0.3) is 0 Å². The highest BCUT2D eigenvalue weighted by Gasteiger charge is 2.49. The van der Waals surface area contributed by atoms with Gasteiger partial charge in [0.15, 0.2) is 6.10 Å². The van der Waals surface area contributed by atoms with E-state index in [2.05, 4.69) is 8.92 Å². The molecule has 27 heavy (non-hydrogen) atoms. The van der Waals surface area contributed by atoms with Crippen molar-refractivity contribution >= 4 is 16.1 Å². The van der Waals surface area contributed by atoms with Gasteiger partial charge in [0.1, 0.15) is 11.5 Å². The van der Waals surface area contributed by atoms with E-state index in [1.807, 2.05) is 0 Å². The van der Waals surface area contributed by atoms with Crippen LogP contribution in [0.5, 0.6) is 11.5 Å². The first-order valence-electron chi connectivity index (χ1n) is 7.92. The van der Waals surface area contributed by atoms with Crippen LogP contribution in [0.3, 0.4) is 0 Å². The molecule has 0 heterocycles. The Morgan fingerprint density at radius 1 is 1.19 bits per heavy atom. The fourth-order valence-electron chi connectivity index (χ4n) is 2.18. The fraction of sp³-hybridized carbons (Fsp3) is 0.562. The Labute approximate surface area is 155 Å². The van der Waals surface area contributed by atoms with Crippen LogP contribution in [-0.4, -0.2) is 46.8 Å². The van der Waals surface area contributed by atoms with E-state index in [4.69, 9.17) is 9.47 Å². The van der Waals surface area contributed by atoms with E-state index < -0.39 is 27.7 Å². The molecule has 1 aromatic carbocycles. The Morgan fingerprint density at radius 2 is 1.85 bits per heavy atom. The van der Waals surface area contributed by atoms with Gasteiger partial charge >= 0.3 is 21.6 Å². The normalized spacial score (nSPS) is 13.1. The molecule has 1 aromatic rings. The largest absolute Gasteiger partial charge is 0.523 e. The number of halogens is 3. The molecule has 0 aliphatic carbocycles. The van der Waals surface area contributed by atoms with E-state index >= 15 is 0 Å². The second kappa shape index (κ2) is 9.79. The molecule has 7 nitrogen and oxygen atoms in total. The number of hydrogen-bond donors (Lipinski definition) is 0. The topological polar surface area (TPSA) is 88.1 Å². The minimum atomic E-state index is -5.92. The predicted molar refractivity (Wildman–Crippen MR) is 89.0 cm³/mol. The molecule has 0 aromatic heterocycles. The van der Waals surface area contributed by atoms with E-state index in [1.165, 1.54) is 21.1 Å². The molecule has 0 fully saturated rings. The molecular formula is C16H21F3O7S. The Morgan fingerprint density at radius 3 is 2.37 bits per heavy atom. The fourth-order valence-corrected chi connectivity index (χ4v) is 2.77. The van der Waals surface area contributed by atoms with Gasteiger partial charge in [-0.3, -0.25) is 0 Å². The summed E-state index contributed by atoms with van der Waals surface area (Å²) in [7, 11) is -2.99. The molecule has 11 heteroatoms. The Bertz CT molecular complexity index is 732. The summed E-state index contributed by atoms with van der Waals surface area (Å²) in [5, 5.41) is 0. The maximum Gasteiger partial charge on any atom is 0.523 e. The highest BCUT2D eigenvalue weighted by Crippen LogP contribution is 2.28. The number of benzene rings is 1. The molecule has 0 saturated heterocycles. The van der Waals surface area contributed by atoms with Crippen molar-refractivity contribution in [3.8, 4) is 11.5 Å². The molecule has 0 spiro atoms. The van der Waals surface area contributed by atoms with Crippen molar-refractivity contribution in [1.82, 2.24) is 0 Å². The van der Waals surface area contributed by atoms with Gasteiger partial charge in [0.2, 0.25) is 0 Å². The highest BCUT2D eigenvalue weighted by atomic mass is 32.2. The standard InChI is InChI=1S/C16H21F3O7S/c1-4-25-15(20)13(26-27(21,22)16(17,18)19)7-5-6-11-8-9-12(23-2)10-14(11)24-3/h8-10,13H,4-7H2,1-3H3. The molecule has 0 radical (unpaired) electrons. The smallest absolute Gasteiger partial charge is 0.497 e. The van der Waals surface area contributed by atoms with Crippen LogP contribution < -0.4 is 9.47 Å². The summed E-state index contributed by atoms with van der Waals surface area (Å²) < 4.78 is 78.8. The van der Waals surface area contributed by atoms with E-state index in [0.29, 0.717) is 23.5 Å². The number of methoxy groups -OCH3 is 2. The Hall–Kier alpha value is -2.01. The lowest BCUT2D eigenvalue weighted by atomic mass is 10.0. The first-order chi connectivity index (χ1) is 12.6. The molecule has 0 saturated carbocycles. The molecule has 0 aliphatic heterocycles. The van der Waals surface area contributed by atoms with Crippen molar-refractivity contribution in [2.45, 2.75) is 37.8 Å². The van der Waals surface area contributed by atoms with Crippen molar-refractivity contribution in [2.24, 2.45) is 0 Å². The van der Waals surface area contributed by atoms with Crippen LogP contribution in [-0.2, 0) is 30.3 Å². The van der Waals surface area contributed by atoms with E-state index in [0.717, 1.165) is 0 Å². The predicted octanol–water partition coefficient (Wildman–Crippen LogP) is 2.82. The van der Waals surface area contributed by atoms with Gasteiger partial charge in [-0.15, -0.1) is 0 Å². The second-order valence-electron chi connectivity index (χ2n) is 5.31. The third kappa shape index (κ3) is 6.58. The summed E-state index contributed by atoms with van der Waals surface area (Å²) in [6.45, 7) is 1.31. The van der Waals surface area contributed by atoms with Gasteiger partial charge in [0, 0.05) is 6.07 Å². The lowest BCUT2D eigenvalue weighted by Crippen LogP contribution is -2.35. The molecule has 0 amide bonds. The maximum absolute atomic E-state index is 12.5. The maximum atomic E-state index is 12.5. The van der Waals surface area contributed by atoms with Crippen molar-refractivity contribution in [2.75, 3.05) is 20.8 Å². The molecule has 0 N–H and O–H groups in total.